The number of benzene rings is 1. The molecule has 5 rings (SSSR count). The third-order valence-corrected chi connectivity index (χ3v) is 12.7. The summed E-state index contributed by atoms with van der Waals surface area (Å²) in [4.78, 5) is 12.3. The average molecular weight is 536 g/mol. The van der Waals surface area contributed by atoms with E-state index in [0.717, 1.165) is 47.6 Å². The molecule has 218 valence electrons. The lowest BCUT2D eigenvalue weighted by molar-refractivity contribution is -0.135. The van der Waals surface area contributed by atoms with E-state index in [-0.39, 0.29) is 11.5 Å². The molecular weight excluding hydrogens is 478 g/mol. The molecule has 5 unspecified atom stereocenters. The summed E-state index contributed by atoms with van der Waals surface area (Å²) in [6.45, 7) is 15.0. The number of ether oxygens (including phenoxy) is 1. The van der Waals surface area contributed by atoms with E-state index in [1.165, 1.54) is 82.6 Å². The number of carbonyl (C=O) groups excluding carboxylic acids is 1. The number of carbonyl (C=O) groups is 1. The van der Waals surface area contributed by atoms with Gasteiger partial charge in [0.25, 0.3) is 0 Å². The molecule has 3 heteroatoms. The fourth-order valence-corrected chi connectivity index (χ4v) is 10.5. The Morgan fingerprint density at radius 1 is 0.923 bits per heavy atom. The van der Waals surface area contributed by atoms with Crippen LogP contribution >= 0.6 is 0 Å². The van der Waals surface area contributed by atoms with Crippen molar-refractivity contribution in [2.45, 2.75) is 130 Å². The number of nitrogens with one attached hydrogen (secondary N) is 1. The Hall–Kier alpha value is -1.51. The molecule has 0 aromatic heterocycles. The lowest BCUT2D eigenvalue weighted by atomic mass is 9.42. The summed E-state index contributed by atoms with van der Waals surface area (Å²) in [5, 5.41) is 2.89. The van der Waals surface area contributed by atoms with Gasteiger partial charge in [0.05, 0.1) is 6.61 Å². The van der Waals surface area contributed by atoms with E-state index >= 15 is 0 Å². The topological polar surface area (TPSA) is 38.3 Å². The van der Waals surface area contributed by atoms with Crippen molar-refractivity contribution in [1.29, 1.82) is 0 Å². The summed E-state index contributed by atoms with van der Waals surface area (Å²) in [6, 6.07) is 8.11. The molecule has 0 heterocycles. The maximum Gasteiger partial charge on any atom is 0.411 e. The molecule has 4 fully saturated rings. The second kappa shape index (κ2) is 11.4. The fourth-order valence-electron chi connectivity index (χ4n) is 10.5. The Kier molecular flexibility index (Phi) is 8.48. The fraction of sp³-hybridized carbons (Fsp3) is 0.806. The second-order valence-electron chi connectivity index (χ2n) is 15.5. The molecule has 4 aliphatic carbocycles. The Morgan fingerprint density at radius 2 is 1.67 bits per heavy atom. The molecule has 0 spiro atoms. The number of hydrogen-bond donors (Lipinski definition) is 1. The lowest BCUT2D eigenvalue weighted by Crippen LogP contribution is -2.55. The first-order chi connectivity index (χ1) is 18.6. The monoisotopic (exact) mass is 535 g/mol. The summed E-state index contributed by atoms with van der Waals surface area (Å²) in [5.74, 6) is 5.73. The van der Waals surface area contributed by atoms with Gasteiger partial charge >= 0.3 is 6.09 Å². The van der Waals surface area contributed by atoms with Crippen LogP contribution in [0.2, 0.25) is 0 Å². The number of rotatable bonds is 7. The summed E-state index contributed by atoms with van der Waals surface area (Å²) < 4.78 is 5.55. The van der Waals surface area contributed by atoms with Crippen LogP contribution < -0.4 is 5.32 Å². The zero-order valence-corrected chi connectivity index (χ0v) is 26.0. The highest BCUT2D eigenvalue weighted by Gasteiger charge is 2.60. The van der Waals surface area contributed by atoms with Gasteiger partial charge in [-0.05, 0) is 134 Å². The third kappa shape index (κ3) is 5.67. The predicted octanol–water partition coefficient (Wildman–Crippen LogP) is 10.4. The minimum absolute atomic E-state index is 0.111. The van der Waals surface area contributed by atoms with Gasteiger partial charge in [-0.2, -0.15) is 0 Å². The number of hydrogen-bond acceptors (Lipinski definition) is 2. The van der Waals surface area contributed by atoms with Gasteiger partial charge in [-0.1, -0.05) is 72.9 Å². The van der Waals surface area contributed by atoms with Gasteiger partial charge < -0.3 is 4.74 Å². The Labute approximate surface area is 239 Å². The normalized spacial score (nSPS) is 37.9. The van der Waals surface area contributed by atoms with Crippen LogP contribution in [0.4, 0.5) is 10.5 Å². The highest BCUT2D eigenvalue weighted by atomic mass is 16.5. The van der Waals surface area contributed by atoms with Crippen LogP contribution in [0.5, 0.6) is 0 Å². The van der Waals surface area contributed by atoms with Crippen molar-refractivity contribution in [2.24, 2.45) is 46.3 Å². The van der Waals surface area contributed by atoms with E-state index in [2.05, 4.69) is 59.0 Å². The van der Waals surface area contributed by atoms with Crippen LogP contribution in [0.1, 0.15) is 131 Å². The maximum atomic E-state index is 12.3. The van der Waals surface area contributed by atoms with Gasteiger partial charge in [-0.15, -0.1) is 0 Å². The van der Waals surface area contributed by atoms with Gasteiger partial charge in [0, 0.05) is 5.69 Å². The Bertz CT molecular complexity index is 979. The second-order valence-corrected chi connectivity index (χ2v) is 15.5. The van der Waals surface area contributed by atoms with Crippen LogP contribution in [-0.2, 0) is 10.2 Å². The molecular formula is C36H57NO2. The minimum atomic E-state index is -0.331. The molecule has 1 N–H and O–H groups in total. The zero-order valence-electron chi connectivity index (χ0n) is 26.0. The van der Waals surface area contributed by atoms with Crippen molar-refractivity contribution >= 4 is 11.8 Å². The maximum absolute atomic E-state index is 12.3. The van der Waals surface area contributed by atoms with Crippen LogP contribution in [0.3, 0.4) is 0 Å². The smallest absolute Gasteiger partial charge is 0.411 e. The van der Waals surface area contributed by atoms with Crippen LogP contribution in [0.15, 0.2) is 24.3 Å². The molecule has 8 atom stereocenters. The molecule has 4 aliphatic rings. The molecule has 1 amide bonds. The number of amides is 1. The van der Waals surface area contributed by atoms with Gasteiger partial charge in [0.2, 0.25) is 0 Å². The SMILES string of the molecule is CC[C@H]1CC2[C@@H]3CCC(CCCCOC(=O)Nc4ccc(C(C)(C)C)cc4)C3(C)CC[C@@H]2C2(C)CCCCC12. The van der Waals surface area contributed by atoms with E-state index in [1.807, 2.05) is 12.1 Å². The zero-order chi connectivity index (χ0) is 27.8. The average Bonchev–Trinajstić information content (AvgIpc) is 3.23. The summed E-state index contributed by atoms with van der Waals surface area (Å²) >= 11 is 0. The van der Waals surface area contributed by atoms with Crippen LogP contribution in [-0.4, -0.2) is 12.7 Å². The van der Waals surface area contributed by atoms with Crippen molar-refractivity contribution < 1.29 is 9.53 Å². The van der Waals surface area contributed by atoms with Gasteiger partial charge in [-0.25, -0.2) is 4.79 Å². The first kappa shape index (κ1) is 29.0. The largest absolute Gasteiger partial charge is 0.449 e. The first-order valence-electron chi connectivity index (χ1n) is 16.6. The molecule has 39 heavy (non-hydrogen) atoms. The number of fused-ring (bicyclic) bond motifs is 5. The van der Waals surface area contributed by atoms with Crippen molar-refractivity contribution in [2.75, 3.05) is 11.9 Å². The van der Waals surface area contributed by atoms with Crippen LogP contribution in [0, 0.1) is 46.3 Å². The van der Waals surface area contributed by atoms with E-state index < -0.39 is 0 Å². The third-order valence-electron chi connectivity index (χ3n) is 12.7. The highest BCUT2D eigenvalue weighted by molar-refractivity contribution is 5.84. The Morgan fingerprint density at radius 3 is 2.38 bits per heavy atom. The summed E-state index contributed by atoms with van der Waals surface area (Å²) in [5.41, 5.74) is 3.33. The van der Waals surface area contributed by atoms with E-state index in [1.54, 1.807) is 0 Å². The predicted molar refractivity (Wildman–Crippen MR) is 163 cm³/mol. The van der Waals surface area contributed by atoms with E-state index in [4.69, 9.17) is 4.74 Å². The number of unbranched alkanes of at least 4 members (excludes halogenated alkanes) is 1. The standard InChI is InChI=1S/C36H57NO2/c1-7-25-24-29-31-19-16-27(35(31,5)22-20-32(29)36(6)21-10-8-13-30(25)36)12-9-11-23-39-33(38)37-28-17-14-26(15-18-28)34(2,3)4/h14-15,17-18,25,27,29-32H,7-13,16,19-24H2,1-6H3,(H,37,38)/t25-,27?,29?,30?,31-,32-,35?,36?/m0/s1. The van der Waals surface area contributed by atoms with E-state index in [9.17, 15) is 4.79 Å². The summed E-state index contributed by atoms with van der Waals surface area (Å²) in [7, 11) is 0. The molecule has 1 aromatic carbocycles. The van der Waals surface area contributed by atoms with Crippen molar-refractivity contribution in [1.82, 2.24) is 0 Å². The molecule has 0 aliphatic heterocycles. The van der Waals surface area contributed by atoms with Crippen LogP contribution in [0.25, 0.3) is 0 Å². The lowest BCUT2D eigenvalue weighted by Gasteiger charge is -2.62. The van der Waals surface area contributed by atoms with Crippen molar-refractivity contribution in [3.63, 3.8) is 0 Å². The van der Waals surface area contributed by atoms with E-state index in [0.29, 0.717) is 17.4 Å². The minimum Gasteiger partial charge on any atom is -0.449 e. The quantitative estimate of drug-likeness (QED) is 0.353. The van der Waals surface area contributed by atoms with Crippen molar-refractivity contribution in [3.8, 4) is 0 Å². The molecule has 4 saturated carbocycles. The Balaban J connectivity index is 1.09. The summed E-state index contributed by atoms with van der Waals surface area (Å²) in [6.07, 6.45) is 17.8. The number of anilines is 1. The molecule has 3 nitrogen and oxygen atoms in total. The molecule has 0 radical (unpaired) electrons. The molecule has 1 aromatic rings. The van der Waals surface area contributed by atoms with Gasteiger partial charge in [0.1, 0.15) is 0 Å². The highest BCUT2D eigenvalue weighted by Crippen LogP contribution is 2.69. The van der Waals surface area contributed by atoms with Gasteiger partial charge in [0.15, 0.2) is 0 Å². The molecule has 0 bridgehead atoms. The van der Waals surface area contributed by atoms with Crippen molar-refractivity contribution in [3.05, 3.63) is 29.8 Å². The van der Waals surface area contributed by atoms with Gasteiger partial charge in [-0.3, -0.25) is 5.32 Å². The first-order valence-corrected chi connectivity index (χ1v) is 16.6. The molecule has 0 saturated heterocycles.